The summed E-state index contributed by atoms with van der Waals surface area (Å²) >= 11 is 5.76. The van der Waals surface area contributed by atoms with Crippen molar-refractivity contribution in [1.29, 1.82) is 0 Å². The first-order valence-corrected chi connectivity index (χ1v) is 6.59. The summed E-state index contributed by atoms with van der Waals surface area (Å²) in [4.78, 5) is 34.8. The zero-order valence-corrected chi connectivity index (χ0v) is 12.4. The number of halogens is 1. The van der Waals surface area contributed by atoms with E-state index in [-0.39, 0.29) is 35.8 Å². The van der Waals surface area contributed by atoms with E-state index in [0.29, 0.717) is 0 Å². The summed E-state index contributed by atoms with van der Waals surface area (Å²) in [5.41, 5.74) is -0.162. The summed E-state index contributed by atoms with van der Waals surface area (Å²) in [7, 11) is 1.49. The van der Waals surface area contributed by atoms with Crippen molar-refractivity contribution in [2.75, 3.05) is 20.2 Å². The van der Waals surface area contributed by atoms with Crippen molar-refractivity contribution < 1.29 is 19.2 Å². The Balaban J connectivity index is 2.78. The van der Waals surface area contributed by atoms with Crippen LogP contribution in [0, 0.1) is 10.1 Å². The number of rotatable bonds is 6. The number of esters is 1. The van der Waals surface area contributed by atoms with Crippen molar-refractivity contribution in [1.82, 2.24) is 4.90 Å². The number of nitro benzene ring substituents is 1. The quantitative estimate of drug-likeness (QED) is 0.456. The number of non-ortho nitro benzene ring substituents is 1. The number of nitrogens with zero attached hydrogens (tertiary/aromatic N) is 2. The number of hydrogen-bond donors (Lipinski definition) is 0. The third-order valence-corrected chi connectivity index (χ3v) is 2.86. The van der Waals surface area contributed by atoms with Crippen LogP contribution in [0.2, 0.25) is 5.02 Å². The van der Waals surface area contributed by atoms with Gasteiger partial charge in [0.05, 0.1) is 18.0 Å². The molecule has 0 N–H and O–H groups in total. The highest BCUT2D eigenvalue weighted by Crippen LogP contribution is 2.21. The van der Waals surface area contributed by atoms with Crippen LogP contribution in [0.5, 0.6) is 0 Å². The minimum Gasteiger partial charge on any atom is -0.466 e. The number of benzene rings is 1. The highest BCUT2D eigenvalue weighted by molar-refractivity contribution is 6.31. The van der Waals surface area contributed by atoms with Crippen LogP contribution in [0.1, 0.15) is 23.7 Å². The fourth-order valence-electron chi connectivity index (χ4n) is 1.62. The minimum atomic E-state index is -0.624. The van der Waals surface area contributed by atoms with Crippen LogP contribution >= 0.6 is 11.6 Å². The maximum atomic E-state index is 12.1. The van der Waals surface area contributed by atoms with Gasteiger partial charge in [-0.05, 0) is 13.0 Å². The van der Waals surface area contributed by atoms with Gasteiger partial charge in [0, 0.05) is 36.3 Å². The Bertz CT molecular complexity index is 561. The number of nitro groups is 1. The first-order valence-electron chi connectivity index (χ1n) is 6.21. The molecule has 1 aromatic rings. The van der Waals surface area contributed by atoms with Crippen LogP contribution in [-0.4, -0.2) is 41.9 Å². The molecule has 7 nitrogen and oxygen atoms in total. The molecule has 1 amide bonds. The number of hydrogen-bond acceptors (Lipinski definition) is 5. The molecule has 1 aromatic carbocycles. The third kappa shape index (κ3) is 5.03. The van der Waals surface area contributed by atoms with Crippen molar-refractivity contribution in [2.24, 2.45) is 0 Å². The largest absolute Gasteiger partial charge is 0.466 e. The van der Waals surface area contributed by atoms with Crippen molar-refractivity contribution in [2.45, 2.75) is 13.3 Å². The van der Waals surface area contributed by atoms with E-state index in [2.05, 4.69) is 0 Å². The van der Waals surface area contributed by atoms with E-state index in [1.807, 2.05) is 0 Å². The van der Waals surface area contributed by atoms with Gasteiger partial charge in [-0.25, -0.2) is 0 Å². The van der Waals surface area contributed by atoms with Crippen LogP contribution in [0.3, 0.4) is 0 Å². The second-order valence-electron chi connectivity index (χ2n) is 4.24. The molecule has 8 heteroatoms. The van der Waals surface area contributed by atoms with Crippen LogP contribution in [0.15, 0.2) is 18.2 Å². The summed E-state index contributed by atoms with van der Waals surface area (Å²) in [6, 6.07) is 3.66. The summed E-state index contributed by atoms with van der Waals surface area (Å²) in [5, 5.41) is 10.8. The maximum Gasteiger partial charge on any atom is 0.307 e. The van der Waals surface area contributed by atoms with Crippen molar-refractivity contribution >= 4 is 29.2 Å². The zero-order valence-electron chi connectivity index (χ0n) is 11.7. The van der Waals surface area contributed by atoms with E-state index in [4.69, 9.17) is 16.3 Å². The highest BCUT2D eigenvalue weighted by Gasteiger charge is 2.17. The maximum absolute atomic E-state index is 12.1. The number of carbonyl (C=O) groups excluding carboxylic acids is 2. The van der Waals surface area contributed by atoms with Crippen LogP contribution in [0.4, 0.5) is 5.69 Å². The molecule has 0 fully saturated rings. The van der Waals surface area contributed by atoms with Crippen LogP contribution in [0.25, 0.3) is 0 Å². The zero-order chi connectivity index (χ0) is 16.0. The van der Waals surface area contributed by atoms with Gasteiger partial charge < -0.3 is 9.64 Å². The number of amides is 1. The molecule has 0 saturated carbocycles. The van der Waals surface area contributed by atoms with Gasteiger partial charge in [-0.15, -0.1) is 0 Å². The lowest BCUT2D eigenvalue weighted by Crippen LogP contribution is -2.29. The summed E-state index contributed by atoms with van der Waals surface area (Å²) in [5.74, 6) is -0.862. The van der Waals surface area contributed by atoms with E-state index in [0.717, 1.165) is 12.1 Å². The monoisotopic (exact) mass is 314 g/mol. The second-order valence-corrected chi connectivity index (χ2v) is 4.67. The Kier molecular flexibility index (Phi) is 6.10. The van der Waals surface area contributed by atoms with Crippen molar-refractivity contribution in [3.63, 3.8) is 0 Å². The van der Waals surface area contributed by atoms with E-state index < -0.39 is 16.8 Å². The van der Waals surface area contributed by atoms with E-state index in [9.17, 15) is 19.7 Å². The lowest BCUT2D eigenvalue weighted by atomic mass is 10.1. The SMILES string of the molecule is CCOC(=O)CCN(C)C(=O)c1cc(Cl)cc([N+](=O)[O-])c1. The van der Waals surface area contributed by atoms with E-state index in [1.165, 1.54) is 18.0 Å². The van der Waals surface area contributed by atoms with Gasteiger partial charge in [-0.3, -0.25) is 19.7 Å². The number of carbonyl (C=O) groups is 2. The van der Waals surface area contributed by atoms with Crippen molar-refractivity contribution in [3.05, 3.63) is 38.9 Å². The molecule has 0 aliphatic carbocycles. The first-order chi connectivity index (χ1) is 9.85. The standard InChI is InChI=1S/C13H15ClN2O5/c1-3-21-12(17)4-5-15(2)13(18)9-6-10(14)8-11(7-9)16(19)20/h6-8H,3-5H2,1-2H3. The lowest BCUT2D eigenvalue weighted by molar-refractivity contribution is -0.384. The van der Waals surface area contributed by atoms with E-state index >= 15 is 0 Å². The molecule has 0 aliphatic rings. The molecule has 0 atom stereocenters. The molecule has 0 unspecified atom stereocenters. The average molecular weight is 315 g/mol. The minimum absolute atomic E-state index is 0.0543. The Morgan fingerprint density at radius 3 is 2.62 bits per heavy atom. The van der Waals surface area contributed by atoms with Gasteiger partial charge in [0.25, 0.3) is 11.6 Å². The normalized spacial score (nSPS) is 10.0. The molecule has 0 saturated heterocycles. The molecular formula is C13H15ClN2O5. The topological polar surface area (TPSA) is 89.8 Å². The van der Waals surface area contributed by atoms with Crippen LogP contribution < -0.4 is 0 Å². The predicted molar refractivity (Wildman–Crippen MR) is 76.3 cm³/mol. The third-order valence-electron chi connectivity index (χ3n) is 2.64. The number of ether oxygens (including phenoxy) is 1. The van der Waals surface area contributed by atoms with Gasteiger partial charge in [0.1, 0.15) is 0 Å². The summed E-state index contributed by atoms with van der Waals surface area (Å²) in [6.07, 6.45) is 0.0543. The Morgan fingerprint density at radius 1 is 1.38 bits per heavy atom. The molecule has 114 valence electrons. The fraction of sp³-hybridized carbons (Fsp3) is 0.385. The molecule has 0 bridgehead atoms. The molecule has 0 aromatic heterocycles. The smallest absolute Gasteiger partial charge is 0.307 e. The van der Waals surface area contributed by atoms with Crippen LogP contribution in [-0.2, 0) is 9.53 Å². The van der Waals surface area contributed by atoms with Gasteiger partial charge in [-0.1, -0.05) is 11.6 Å². The highest BCUT2D eigenvalue weighted by atomic mass is 35.5. The lowest BCUT2D eigenvalue weighted by Gasteiger charge is -2.16. The molecule has 0 aliphatic heterocycles. The molecular weight excluding hydrogens is 300 g/mol. The van der Waals surface area contributed by atoms with Gasteiger partial charge in [-0.2, -0.15) is 0 Å². The molecule has 0 spiro atoms. The molecule has 1 rings (SSSR count). The Hall–Kier alpha value is -2.15. The fourth-order valence-corrected chi connectivity index (χ4v) is 1.85. The molecule has 0 heterocycles. The van der Waals surface area contributed by atoms with Crippen molar-refractivity contribution in [3.8, 4) is 0 Å². The second kappa shape index (κ2) is 7.58. The van der Waals surface area contributed by atoms with Gasteiger partial charge >= 0.3 is 5.97 Å². The molecule has 21 heavy (non-hydrogen) atoms. The van der Waals surface area contributed by atoms with Gasteiger partial charge in [0.2, 0.25) is 0 Å². The first kappa shape index (κ1) is 16.9. The summed E-state index contributed by atoms with van der Waals surface area (Å²) < 4.78 is 4.76. The predicted octanol–water partition coefficient (Wildman–Crippen LogP) is 2.27. The van der Waals surface area contributed by atoms with E-state index in [1.54, 1.807) is 6.92 Å². The Morgan fingerprint density at radius 2 is 2.05 bits per heavy atom. The Labute approximate surface area is 126 Å². The molecule has 0 radical (unpaired) electrons. The average Bonchev–Trinajstić information content (AvgIpc) is 2.43. The van der Waals surface area contributed by atoms with Gasteiger partial charge in [0.15, 0.2) is 0 Å². The summed E-state index contributed by atoms with van der Waals surface area (Å²) in [6.45, 7) is 2.12.